The molecule has 0 aliphatic carbocycles. The topological polar surface area (TPSA) is 55.2 Å². The van der Waals surface area contributed by atoms with Crippen LogP contribution >= 0.6 is 0 Å². The molecule has 5 nitrogen and oxygen atoms in total. The molecule has 0 radical (unpaired) electrons. The minimum absolute atomic E-state index is 0.0390. The summed E-state index contributed by atoms with van der Waals surface area (Å²) in [4.78, 5) is 27.7. The number of carbonyl (C=O) groups excluding carboxylic acids is 1. The summed E-state index contributed by atoms with van der Waals surface area (Å²) in [7, 11) is 0. The van der Waals surface area contributed by atoms with Gasteiger partial charge in [0, 0.05) is 23.0 Å². The van der Waals surface area contributed by atoms with Crippen molar-refractivity contribution in [3.8, 4) is 11.3 Å². The molecule has 0 saturated carbocycles. The van der Waals surface area contributed by atoms with Crippen molar-refractivity contribution in [1.29, 1.82) is 0 Å². The summed E-state index contributed by atoms with van der Waals surface area (Å²) in [5.41, 5.74) is 1.10. The first-order chi connectivity index (χ1) is 12.4. The van der Waals surface area contributed by atoms with Gasteiger partial charge in [0.2, 0.25) is 0 Å². The zero-order valence-corrected chi connectivity index (χ0v) is 15.5. The summed E-state index contributed by atoms with van der Waals surface area (Å²) in [5.74, 6) is 0. The summed E-state index contributed by atoms with van der Waals surface area (Å²) >= 11 is 0. The molecule has 0 aliphatic rings. The molecule has 0 spiro atoms. The number of hydrogen-bond acceptors (Lipinski definition) is 3. The maximum absolute atomic E-state index is 13.1. The Morgan fingerprint density at radius 2 is 1.42 bits per heavy atom. The fraction of sp³-hybridized carbons (Fsp3) is 0.286. The van der Waals surface area contributed by atoms with Gasteiger partial charge in [-0.25, -0.2) is 4.79 Å². The third kappa shape index (κ3) is 3.12. The first-order valence-electron chi connectivity index (χ1n) is 8.82. The van der Waals surface area contributed by atoms with Gasteiger partial charge in [-0.1, -0.05) is 48.5 Å². The van der Waals surface area contributed by atoms with Crippen LogP contribution in [0.4, 0.5) is 4.79 Å². The minimum Gasteiger partial charge on any atom is -0.318 e. The smallest absolute Gasteiger partial charge is 0.318 e. The lowest BCUT2D eigenvalue weighted by Gasteiger charge is -2.30. The van der Waals surface area contributed by atoms with Crippen LogP contribution in [0.25, 0.3) is 22.0 Å². The van der Waals surface area contributed by atoms with Crippen LogP contribution < -0.4 is 5.56 Å². The lowest BCUT2D eigenvalue weighted by molar-refractivity contribution is 0.162. The third-order valence-corrected chi connectivity index (χ3v) is 4.37. The molecular weight excluding hydrogens is 326 g/mol. The molecule has 2 aromatic carbocycles. The Bertz CT molecular complexity index is 983. The van der Waals surface area contributed by atoms with Crippen molar-refractivity contribution in [1.82, 2.24) is 14.7 Å². The highest BCUT2D eigenvalue weighted by molar-refractivity contribution is 5.95. The van der Waals surface area contributed by atoms with E-state index in [1.165, 1.54) is 0 Å². The monoisotopic (exact) mass is 349 g/mol. The molecular formula is C21H23N3O2. The molecule has 134 valence electrons. The first kappa shape index (κ1) is 17.9. The number of hydrogen-bond donors (Lipinski definition) is 0. The predicted octanol–water partition coefficient (Wildman–Crippen LogP) is 4.15. The van der Waals surface area contributed by atoms with Gasteiger partial charge in [-0.15, -0.1) is 4.68 Å². The molecule has 26 heavy (non-hydrogen) atoms. The SMILES string of the molecule is CC(C)N(C(=O)n1nc(-c2ccccc2)c2ccccc2c1=O)C(C)C. The van der Waals surface area contributed by atoms with Crippen LogP contribution in [-0.4, -0.2) is 32.8 Å². The standard InChI is InChI=1S/C21H23N3O2/c1-14(2)23(15(3)4)21(26)24-20(25)18-13-9-8-12-17(18)19(22-24)16-10-6-5-7-11-16/h5-15H,1-4H3. The van der Waals surface area contributed by atoms with E-state index in [2.05, 4.69) is 5.10 Å². The normalized spacial score (nSPS) is 11.3. The van der Waals surface area contributed by atoms with Crippen LogP contribution in [0.3, 0.4) is 0 Å². The van der Waals surface area contributed by atoms with E-state index in [4.69, 9.17) is 0 Å². The molecule has 0 saturated heterocycles. The van der Waals surface area contributed by atoms with Crippen LogP contribution in [0.2, 0.25) is 0 Å². The van der Waals surface area contributed by atoms with Gasteiger partial charge in [0.05, 0.1) is 11.1 Å². The van der Waals surface area contributed by atoms with Gasteiger partial charge in [-0.05, 0) is 33.8 Å². The summed E-state index contributed by atoms with van der Waals surface area (Å²) in [6.45, 7) is 7.73. The highest BCUT2D eigenvalue weighted by atomic mass is 16.2. The molecule has 0 unspecified atom stereocenters. The van der Waals surface area contributed by atoms with Crippen molar-refractivity contribution in [2.75, 3.05) is 0 Å². The quantitative estimate of drug-likeness (QED) is 0.714. The van der Waals surface area contributed by atoms with Crippen LogP contribution in [0.15, 0.2) is 59.4 Å². The molecule has 1 heterocycles. The number of benzene rings is 2. The Balaban J connectivity index is 2.29. The number of aromatic nitrogens is 2. The number of carbonyl (C=O) groups is 1. The largest absolute Gasteiger partial charge is 0.348 e. The second-order valence-corrected chi connectivity index (χ2v) is 6.85. The average Bonchev–Trinajstić information content (AvgIpc) is 2.62. The highest BCUT2D eigenvalue weighted by Gasteiger charge is 2.25. The first-order valence-corrected chi connectivity index (χ1v) is 8.82. The summed E-state index contributed by atoms with van der Waals surface area (Å²) in [6.07, 6.45) is 0. The second kappa shape index (κ2) is 7.12. The lowest BCUT2D eigenvalue weighted by atomic mass is 10.1. The Labute approximate surface area is 152 Å². The van der Waals surface area contributed by atoms with Crippen molar-refractivity contribution in [2.45, 2.75) is 39.8 Å². The predicted molar refractivity (Wildman–Crippen MR) is 104 cm³/mol. The Morgan fingerprint density at radius 1 is 0.885 bits per heavy atom. The molecule has 0 fully saturated rings. The second-order valence-electron chi connectivity index (χ2n) is 6.85. The van der Waals surface area contributed by atoms with Crippen LogP contribution in [0, 0.1) is 0 Å². The summed E-state index contributed by atoms with van der Waals surface area (Å²) < 4.78 is 1.00. The van der Waals surface area contributed by atoms with Crippen LogP contribution in [0.1, 0.15) is 27.7 Å². The van der Waals surface area contributed by atoms with Gasteiger partial charge in [0.1, 0.15) is 0 Å². The van der Waals surface area contributed by atoms with Gasteiger partial charge in [-0.3, -0.25) is 4.79 Å². The zero-order valence-electron chi connectivity index (χ0n) is 15.5. The Morgan fingerprint density at radius 3 is 2.00 bits per heavy atom. The zero-order chi connectivity index (χ0) is 18.8. The van der Waals surface area contributed by atoms with Crippen molar-refractivity contribution in [3.05, 3.63) is 65.0 Å². The van der Waals surface area contributed by atoms with E-state index in [9.17, 15) is 9.59 Å². The molecule has 3 aromatic rings. The van der Waals surface area contributed by atoms with Crippen molar-refractivity contribution in [2.24, 2.45) is 0 Å². The fourth-order valence-corrected chi connectivity index (χ4v) is 3.28. The van der Waals surface area contributed by atoms with Crippen LogP contribution in [-0.2, 0) is 0 Å². The Kier molecular flexibility index (Phi) is 4.89. The number of rotatable bonds is 3. The number of nitrogens with zero attached hydrogens (tertiary/aromatic N) is 3. The molecule has 0 aliphatic heterocycles. The fourth-order valence-electron chi connectivity index (χ4n) is 3.28. The van der Waals surface area contributed by atoms with E-state index < -0.39 is 11.6 Å². The lowest BCUT2D eigenvalue weighted by Crippen LogP contribution is -2.48. The van der Waals surface area contributed by atoms with Crippen LogP contribution in [0.5, 0.6) is 0 Å². The molecule has 0 N–H and O–H groups in total. The number of fused-ring (bicyclic) bond motifs is 1. The van der Waals surface area contributed by atoms with Crippen molar-refractivity contribution in [3.63, 3.8) is 0 Å². The van der Waals surface area contributed by atoms with E-state index in [0.717, 1.165) is 15.6 Å². The minimum atomic E-state index is -0.400. The average molecular weight is 349 g/mol. The third-order valence-electron chi connectivity index (χ3n) is 4.37. The van der Waals surface area contributed by atoms with Gasteiger partial charge in [-0.2, -0.15) is 5.10 Å². The molecule has 0 bridgehead atoms. The van der Waals surface area contributed by atoms with Gasteiger partial charge < -0.3 is 4.90 Å². The molecule has 1 amide bonds. The van der Waals surface area contributed by atoms with E-state index in [-0.39, 0.29) is 12.1 Å². The van der Waals surface area contributed by atoms with Gasteiger partial charge in [0.15, 0.2) is 0 Å². The van der Waals surface area contributed by atoms with E-state index in [0.29, 0.717) is 11.1 Å². The molecule has 0 atom stereocenters. The highest BCUT2D eigenvalue weighted by Crippen LogP contribution is 2.24. The van der Waals surface area contributed by atoms with E-state index in [1.54, 1.807) is 17.0 Å². The van der Waals surface area contributed by atoms with Gasteiger partial charge in [0.25, 0.3) is 5.56 Å². The molecule has 1 aromatic heterocycles. The molecule has 3 rings (SSSR count). The maximum atomic E-state index is 13.1. The van der Waals surface area contributed by atoms with Crippen molar-refractivity contribution >= 4 is 16.8 Å². The van der Waals surface area contributed by atoms with E-state index in [1.807, 2.05) is 70.2 Å². The van der Waals surface area contributed by atoms with Crippen molar-refractivity contribution < 1.29 is 4.79 Å². The summed E-state index contributed by atoms with van der Waals surface area (Å²) in [5, 5.41) is 5.70. The summed E-state index contributed by atoms with van der Waals surface area (Å²) in [6, 6.07) is 16.4. The Hall–Kier alpha value is -2.95. The van der Waals surface area contributed by atoms with E-state index >= 15 is 0 Å². The maximum Gasteiger partial charge on any atom is 0.348 e. The number of amides is 1. The molecule has 5 heteroatoms. The van der Waals surface area contributed by atoms with Gasteiger partial charge >= 0.3 is 6.03 Å².